The van der Waals surface area contributed by atoms with Gasteiger partial charge in [0.2, 0.25) is 0 Å². The third-order valence-corrected chi connectivity index (χ3v) is 9.42. The van der Waals surface area contributed by atoms with Gasteiger partial charge >= 0.3 is 6.09 Å². The SMILES string of the molecule is CC(C)(C)OC(=O)n1ccc2cc(-c3cc4c(-c5ccc(OC6CCOCC6)c(C#N)c5)ccnc4n3SC3=CC=CCC3)ccc21. The summed E-state index contributed by atoms with van der Waals surface area (Å²) < 4.78 is 21.1. The Morgan fingerprint density at radius 1 is 1.06 bits per heavy atom. The van der Waals surface area contributed by atoms with Crippen molar-refractivity contribution >= 4 is 40.0 Å². The van der Waals surface area contributed by atoms with Gasteiger partial charge in [0.25, 0.3) is 0 Å². The Hall–Kier alpha value is -4.78. The molecule has 0 saturated carbocycles. The number of hydrogen-bond donors (Lipinski definition) is 0. The average Bonchev–Trinajstić information content (AvgIpc) is 3.67. The van der Waals surface area contributed by atoms with E-state index < -0.39 is 11.7 Å². The maximum Gasteiger partial charge on any atom is 0.418 e. The van der Waals surface area contributed by atoms with Gasteiger partial charge in [-0.25, -0.2) is 9.78 Å². The molecule has 1 fully saturated rings. The second-order valence-corrected chi connectivity index (χ2v) is 13.9. The van der Waals surface area contributed by atoms with Gasteiger partial charge in [-0.1, -0.05) is 30.4 Å². The summed E-state index contributed by atoms with van der Waals surface area (Å²) in [6, 6.07) is 20.4. The number of carbonyl (C=O) groups excluding carboxylic acids is 1. The van der Waals surface area contributed by atoms with Crippen LogP contribution in [0.25, 0.3) is 44.3 Å². The monoisotopic (exact) mass is 644 g/mol. The molecule has 3 aromatic heterocycles. The fourth-order valence-electron chi connectivity index (χ4n) is 6.03. The van der Waals surface area contributed by atoms with E-state index in [1.54, 1.807) is 22.7 Å². The number of aromatic nitrogens is 3. The van der Waals surface area contributed by atoms with Crippen molar-refractivity contribution in [3.05, 3.63) is 95.7 Å². The van der Waals surface area contributed by atoms with E-state index in [0.717, 1.165) is 70.0 Å². The van der Waals surface area contributed by atoms with E-state index >= 15 is 0 Å². The number of nitriles is 1. The summed E-state index contributed by atoms with van der Waals surface area (Å²) in [6.45, 7) is 6.93. The number of ether oxygens (including phenoxy) is 3. The first kappa shape index (κ1) is 30.9. The lowest BCUT2D eigenvalue weighted by Gasteiger charge is -2.23. The molecule has 0 radical (unpaired) electrons. The summed E-state index contributed by atoms with van der Waals surface area (Å²) in [7, 11) is 0. The molecule has 8 nitrogen and oxygen atoms in total. The van der Waals surface area contributed by atoms with Crippen LogP contribution in [0.2, 0.25) is 0 Å². The molecule has 0 atom stereocenters. The first-order valence-electron chi connectivity index (χ1n) is 16.0. The maximum atomic E-state index is 12.9. The van der Waals surface area contributed by atoms with Crippen LogP contribution in [0, 0.1) is 11.3 Å². The molecular weight excluding hydrogens is 609 g/mol. The lowest BCUT2D eigenvalue weighted by molar-refractivity contribution is 0.0254. The van der Waals surface area contributed by atoms with Gasteiger partial charge in [0.05, 0.1) is 30.0 Å². The van der Waals surface area contributed by atoms with Crippen LogP contribution in [-0.2, 0) is 9.47 Å². The predicted octanol–water partition coefficient (Wildman–Crippen LogP) is 9.27. The van der Waals surface area contributed by atoms with Crippen molar-refractivity contribution in [2.45, 2.75) is 58.2 Å². The summed E-state index contributed by atoms with van der Waals surface area (Å²) in [5.74, 6) is 0.603. The second kappa shape index (κ2) is 12.8. The highest BCUT2D eigenvalue weighted by atomic mass is 32.2. The summed E-state index contributed by atoms with van der Waals surface area (Å²) in [5.41, 5.74) is 5.44. The molecule has 2 aliphatic rings. The molecule has 1 saturated heterocycles. The summed E-state index contributed by atoms with van der Waals surface area (Å²) in [4.78, 5) is 19.0. The quantitative estimate of drug-likeness (QED) is 0.182. The van der Waals surface area contributed by atoms with Gasteiger partial charge in [-0.3, -0.25) is 8.54 Å². The van der Waals surface area contributed by atoms with Gasteiger partial charge in [-0.15, -0.1) is 0 Å². The molecule has 238 valence electrons. The number of rotatable bonds is 6. The molecule has 0 spiro atoms. The van der Waals surface area contributed by atoms with Crippen molar-refractivity contribution in [2.75, 3.05) is 13.2 Å². The first-order valence-corrected chi connectivity index (χ1v) is 16.7. The molecule has 7 rings (SSSR count). The zero-order valence-corrected chi connectivity index (χ0v) is 27.5. The Kier molecular flexibility index (Phi) is 8.39. The van der Waals surface area contributed by atoms with Crippen LogP contribution in [-0.4, -0.2) is 44.5 Å². The number of pyridine rings is 1. The van der Waals surface area contributed by atoms with E-state index in [0.29, 0.717) is 24.5 Å². The number of benzene rings is 2. The molecular formula is C38H36N4O4S. The van der Waals surface area contributed by atoms with E-state index in [4.69, 9.17) is 19.2 Å². The van der Waals surface area contributed by atoms with Crippen LogP contribution in [0.4, 0.5) is 4.79 Å². The van der Waals surface area contributed by atoms with Crippen molar-refractivity contribution in [3.8, 4) is 34.2 Å². The zero-order valence-electron chi connectivity index (χ0n) is 26.7. The smallest absolute Gasteiger partial charge is 0.418 e. The fourth-order valence-corrected chi connectivity index (χ4v) is 7.10. The van der Waals surface area contributed by atoms with Crippen molar-refractivity contribution in [1.82, 2.24) is 13.5 Å². The second-order valence-electron chi connectivity index (χ2n) is 12.8. The zero-order chi connectivity index (χ0) is 32.5. The van der Waals surface area contributed by atoms with Crippen LogP contribution in [0.3, 0.4) is 0 Å². The molecule has 1 aliphatic heterocycles. The summed E-state index contributed by atoms with van der Waals surface area (Å²) >= 11 is 1.68. The largest absolute Gasteiger partial charge is 0.489 e. The molecule has 5 aromatic rings. The minimum atomic E-state index is -0.592. The predicted molar refractivity (Wildman–Crippen MR) is 186 cm³/mol. The highest BCUT2D eigenvalue weighted by Crippen LogP contribution is 2.41. The molecule has 0 amide bonds. The third kappa shape index (κ3) is 6.44. The highest BCUT2D eigenvalue weighted by molar-refractivity contribution is 8.01. The molecule has 1 aliphatic carbocycles. The van der Waals surface area contributed by atoms with Crippen molar-refractivity contribution in [2.24, 2.45) is 0 Å². The molecule has 0 unspecified atom stereocenters. The first-order chi connectivity index (χ1) is 22.8. The van der Waals surface area contributed by atoms with Gasteiger partial charge in [-0.2, -0.15) is 5.26 Å². The van der Waals surface area contributed by atoms with Gasteiger partial charge in [0.15, 0.2) is 5.65 Å². The highest BCUT2D eigenvalue weighted by Gasteiger charge is 2.22. The van der Waals surface area contributed by atoms with Gasteiger partial charge in [-0.05, 0) is 105 Å². The summed E-state index contributed by atoms with van der Waals surface area (Å²) in [6.07, 6.45) is 13.3. The standard InChI is InChI=1S/C38H36N4O4S/c1-38(2,3)46-37(43)41-18-14-27-22-26(9-11-33(27)41)34-23-32-31(13-17-40-36(32)42(34)47-30-7-5-4-6-8-30)25-10-12-35(28(21-25)24-39)45-29-15-19-44-20-16-29/h4-5,7,9-14,17-18,21-23,29H,6,8,15-16,19-20H2,1-3H3. The molecule has 4 heterocycles. The van der Waals surface area contributed by atoms with Gasteiger partial charge < -0.3 is 14.2 Å². The number of fused-ring (bicyclic) bond motifs is 2. The van der Waals surface area contributed by atoms with E-state index in [1.807, 2.05) is 69.4 Å². The van der Waals surface area contributed by atoms with Crippen LogP contribution < -0.4 is 4.74 Å². The number of allylic oxidation sites excluding steroid dienone is 4. The van der Waals surface area contributed by atoms with Gasteiger partial charge in [0, 0.05) is 40.9 Å². The van der Waals surface area contributed by atoms with Crippen molar-refractivity contribution in [1.29, 1.82) is 5.26 Å². The Bertz CT molecular complexity index is 2090. The summed E-state index contributed by atoms with van der Waals surface area (Å²) in [5, 5.41) is 12.0. The average molecular weight is 645 g/mol. The van der Waals surface area contributed by atoms with Crippen LogP contribution in [0.1, 0.15) is 52.0 Å². The minimum absolute atomic E-state index is 0.0465. The minimum Gasteiger partial charge on any atom is -0.489 e. The lowest BCUT2D eigenvalue weighted by atomic mass is 10.0. The molecule has 0 bridgehead atoms. The van der Waals surface area contributed by atoms with E-state index in [9.17, 15) is 10.1 Å². The van der Waals surface area contributed by atoms with E-state index in [1.165, 1.54) is 4.91 Å². The Morgan fingerprint density at radius 3 is 2.66 bits per heavy atom. The Labute approximate surface area is 278 Å². The van der Waals surface area contributed by atoms with Crippen LogP contribution in [0.15, 0.2) is 90.1 Å². The Balaban J connectivity index is 1.31. The van der Waals surface area contributed by atoms with Crippen LogP contribution >= 0.6 is 11.9 Å². The van der Waals surface area contributed by atoms with Crippen molar-refractivity contribution in [3.63, 3.8) is 0 Å². The van der Waals surface area contributed by atoms with Gasteiger partial charge in [0.1, 0.15) is 23.5 Å². The van der Waals surface area contributed by atoms with E-state index in [2.05, 4.69) is 40.4 Å². The maximum absolute atomic E-state index is 12.9. The van der Waals surface area contributed by atoms with E-state index in [-0.39, 0.29) is 6.10 Å². The number of carbonyl (C=O) groups is 1. The lowest BCUT2D eigenvalue weighted by Crippen LogP contribution is -2.26. The molecule has 9 heteroatoms. The van der Waals surface area contributed by atoms with Crippen molar-refractivity contribution < 1.29 is 19.0 Å². The third-order valence-electron chi connectivity index (χ3n) is 8.29. The molecule has 0 N–H and O–H groups in total. The fraction of sp³-hybridized carbons (Fsp3) is 0.289. The molecule has 2 aromatic carbocycles. The Morgan fingerprint density at radius 2 is 1.89 bits per heavy atom. The normalized spacial score (nSPS) is 15.5. The topological polar surface area (TPSA) is 91.3 Å². The molecule has 47 heavy (non-hydrogen) atoms. The number of hydrogen-bond acceptors (Lipinski definition) is 7. The number of nitrogens with zero attached hydrogens (tertiary/aromatic N) is 4. The van der Waals surface area contributed by atoms with Crippen LogP contribution in [0.5, 0.6) is 5.75 Å².